The fourth-order valence-electron chi connectivity index (χ4n) is 4.99. The van der Waals surface area contributed by atoms with E-state index in [1.807, 2.05) is 84.9 Å². The van der Waals surface area contributed by atoms with Crippen molar-refractivity contribution in [3.8, 4) is 5.75 Å². The molecule has 3 aromatic rings. The predicted octanol–water partition coefficient (Wildman–Crippen LogP) is 5.35. The molecule has 244 valence electrons. The Balaban J connectivity index is 1.45. The number of allylic oxidation sites excluding steroid dienone is 2. The molecule has 8 nitrogen and oxygen atoms in total. The van der Waals surface area contributed by atoms with Crippen LogP contribution in [0.4, 0.5) is 0 Å². The second-order valence-corrected chi connectivity index (χ2v) is 11.4. The number of carbonyl (C=O) groups excluding carboxylic acids is 3. The van der Waals surface area contributed by atoms with Crippen LogP contribution in [0, 0.1) is 11.8 Å². The molecule has 0 heterocycles. The standard InChI is InChI=1S/C38H46N2O6/c1-4-12-32(37(43)39-28(3)26-46-38(44)33(13-5-2)22-29-14-8-6-9-15-29)24-36(42)40-34(25-41)23-30-18-20-35(21-19-30)45-27-31-16-10-7-11-17-31/h4-11,14-21,28,32-34,41H,1-2,12-13,22-27H2,3H3,(H,39,43)(H,40,42)/t28-,32-,33+,34-/m0/s1. The van der Waals surface area contributed by atoms with Gasteiger partial charge in [-0.2, -0.15) is 0 Å². The van der Waals surface area contributed by atoms with Crippen LogP contribution in [-0.2, 0) is 38.6 Å². The number of benzene rings is 3. The molecule has 0 fully saturated rings. The van der Waals surface area contributed by atoms with Crippen molar-refractivity contribution in [2.24, 2.45) is 11.8 Å². The Bertz CT molecular complexity index is 1380. The SMILES string of the molecule is C=CC[C@@H](CC(=O)N[C@H](CO)Cc1ccc(OCc2ccccc2)cc1)C(=O)N[C@@H](C)COC(=O)[C@H](CC=C)Cc1ccccc1. The Kier molecular flexibility index (Phi) is 15.3. The molecule has 0 saturated carbocycles. The molecule has 0 aliphatic carbocycles. The summed E-state index contributed by atoms with van der Waals surface area (Å²) in [6.07, 6.45) is 4.94. The molecule has 46 heavy (non-hydrogen) atoms. The lowest BCUT2D eigenvalue weighted by atomic mass is 9.96. The summed E-state index contributed by atoms with van der Waals surface area (Å²) >= 11 is 0. The number of nitrogens with one attached hydrogen (secondary N) is 2. The van der Waals surface area contributed by atoms with Crippen molar-refractivity contribution in [3.63, 3.8) is 0 Å². The number of hydrogen-bond donors (Lipinski definition) is 3. The van der Waals surface area contributed by atoms with Crippen molar-refractivity contribution >= 4 is 17.8 Å². The molecule has 0 aliphatic rings. The minimum atomic E-state index is -0.664. The summed E-state index contributed by atoms with van der Waals surface area (Å²) < 4.78 is 11.4. The van der Waals surface area contributed by atoms with E-state index in [0.29, 0.717) is 32.3 Å². The van der Waals surface area contributed by atoms with Gasteiger partial charge in [0, 0.05) is 6.42 Å². The molecule has 2 amide bonds. The van der Waals surface area contributed by atoms with Gasteiger partial charge in [-0.15, -0.1) is 13.2 Å². The van der Waals surface area contributed by atoms with E-state index in [-0.39, 0.29) is 43.3 Å². The van der Waals surface area contributed by atoms with E-state index in [9.17, 15) is 19.5 Å². The molecule has 0 aliphatic heterocycles. The monoisotopic (exact) mass is 626 g/mol. The zero-order valence-electron chi connectivity index (χ0n) is 26.6. The van der Waals surface area contributed by atoms with Crippen LogP contribution in [0.25, 0.3) is 0 Å². The Morgan fingerprint density at radius 1 is 0.783 bits per heavy atom. The lowest BCUT2D eigenvalue weighted by Crippen LogP contribution is -2.44. The Morgan fingerprint density at radius 3 is 1.98 bits per heavy atom. The molecule has 3 N–H and O–H groups in total. The number of hydrogen-bond acceptors (Lipinski definition) is 6. The molecule has 8 heteroatoms. The van der Waals surface area contributed by atoms with E-state index in [4.69, 9.17) is 9.47 Å². The van der Waals surface area contributed by atoms with Crippen molar-refractivity contribution in [3.05, 3.63) is 127 Å². The summed E-state index contributed by atoms with van der Waals surface area (Å²) in [6.45, 7) is 9.45. The van der Waals surface area contributed by atoms with Gasteiger partial charge in [-0.3, -0.25) is 14.4 Å². The van der Waals surface area contributed by atoms with Crippen molar-refractivity contribution < 1.29 is 29.0 Å². The lowest BCUT2D eigenvalue weighted by Gasteiger charge is -2.22. The average molecular weight is 627 g/mol. The normalized spacial score (nSPS) is 13.3. The van der Waals surface area contributed by atoms with Crippen LogP contribution in [0.5, 0.6) is 5.75 Å². The second kappa shape index (κ2) is 19.6. The molecule has 3 aromatic carbocycles. The number of aliphatic hydroxyl groups excluding tert-OH is 1. The fourth-order valence-corrected chi connectivity index (χ4v) is 4.99. The number of carbonyl (C=O) groups is 3. The third-order valence-corrected chi connectivity index (χ3v) is 7.47. The number of amides is 2. The smallest absolute Gasteiger partial charge is 0.309 e. The Morgan fingerprint density at radius 2 is 1.37 bits per heavy atom. The highest BCUT2D eigenvalue weighted by molar-refractivity contribution is 5.86. The topological polar surface area (TPSA) is 114 Å². The van der Waals surface area contributed by atoms with Crippen LogP contribution in [-0.4, -0.2) is 48.2 Å². The van der Waals surface area contributed by atoms with Gasteiger partial charge in [0.05, 0.1) is 30.5 Å². The summed E-state index contributed by atoms with van der Waals surface area (Å²) in [7, 11) is 0. The van der Waals surface area contributed by atoms with Crippen molar-refractivity contribution in [1.82, 2.24) is 10.6 Å². The van der Waals surface area contributed by atoms with E-state index < -0.39 is 18.0 Å². The first-order chi connectivity index (χ1) is 22.3. The Hall–Kier alpha value is -4.69. The van der Waals surface area contributed by atoms with Crippen LogP contribution < -0.4 is 15.4 Å². The number of aliphatic hydroxyl groups is 1. The third kappa shape index (κ3) is 12.7. The van der Waals surface area contributed by atoms with Crippen molar-refractivity contribution in [2.45, 2.75) is 57.7 Å². The summed E-state index contributed by atoms with van der Waals surface area (Å²) in [5.41, 5.74) is 3.03. The average Bonchev–Trinajstić information content (AvgIpc) is 3.07. The number of rotatable bonds is 20. The summed E-state index contributed by atoms with van der Waals surface area (Å²) in [4.78, 5) is 38.8. The zero-order chi connectivity index (χ0) is 33.1. The molecular formula is C38H46N2O6. The molecule has 3 rings (SSSR count). The van der Waals surface area contributed by atoms with Gasteiger partial charge >= 0.3 is 5.97 Å². The van der Waals surface area contributed by atoms with E-state index in [1.165, 1.54) is 0 Å². The minimum absolute atomic E-state index is 0.00266. The maximum Gasteiger partial charge on any atom is 0.309 e. The minimum Gasteiger partial charge on any atom is -0.489 e. The number of ether oxygens (including phenoxy) is 2. The van der Waals surface area contributed by atoms with Crippen LogP contribution in [0.2, 0.25) is 0 Å². The first-order valence-electron chi connectivity index (χ1n) is 15.7. The zero-order valence-corrected chi connectivity index (χ0v) is 26.6. The van der Waals surface area contributed by atoms with Crippen LogP contribution in [0.1, 0.15) is 42.9 Å². The molecule has 4 atom stereocenters. The van der Waals surface area contributed by atoms with E-state index in [1.54, 1.807) is 19.1 Å². The summed E-state index contributed by atoms with van der Waals surface area (Å²) in [5.74, 6) is -1.35. The van der Waals surface area contributed by atoms with Crippen LogP contribution in [0.3, 0.4) is 0 Å². The first kappa shape index (κ1) is 35.8. The molecular weight excluding hydrogens is 580 g/mol. The quantitative estimate of drug-likeness (QED) is 0.115. The maximum atomic E-state index is 13.1. The highest BCUT2D eigenvalue weighted by Gasteiger charge is 2.25. The van der Waals surface area contributed by atoms with Crippen molar-refractivity contribution in [1.29, 1.82) is 0 Å². The summed E-state index contributed by atoms with van der Waals surface area (Å²) in [5, 5.41) is 15.6. The largest absolute Gasteiger partial charge is 0.489 e. The van der Waals surface area contributed by atoms with Gasteiger partial charge in [-0.1, -0.05) is 84.9 Å². The van der Waals surface area contributed by atoms with Gasteiger partial charge < -0.3 is 25.2 Å². The molecule has 0 aromatic heterocycles. The molecule has 0 spiro atoms. The lowest BCUT2D eigenvalue weighted by molar-refractivity contribution is -0.149. The highest BCUT2D eigenvalue weighted by Crippen LogP contribution is 2.17. The highest BCUT2D eigenvalue weighted by atomic mass is 16.5. The molecule has 0 radical (unpaired) electrons. The van der Waals surface area contributed by atoms with Gasteiger partial charge in [0.2, 0.25) is 11.8 Å². The Labute approximate surface area is 272 Å². The van der Waals surface area contributed by atoms with Crippen LogP contribution in [0.15, 0.2) is 110 Å². The third-order valence-electron chi connectivity index (χ3n) is 7.47. The van der Waals surface area contributed by atoms with Gasteiger partial charge in [0.1, 0.15) is 19.0 Å². The molecule has 0 saturated heterocycles. The maximum absolute atomic E-state index is 13.1. The van der Waals surface area contributed by atoms with Gasteiger partial charge in [0.15, 0.2) is 0 Å². The van der Waals surface area contributed by atoms with E-state index >= 15 is 0 Å². The molecule has 0 bridgehead atoms. The summed E-state index contributed by atoms with van der Waals surface area (Å²) in [6, 6.07) is 26.1. The molecule has 0 unspecified atom stereocenters. The van der Waals surface area contributed by atoms with Crippen molar-refractivity contribution in [2.75, 3.05) is 13.2 Å². The van der Waals surface area contributed by atoms with Gasteiger partial charge in [-0.05, 0) is 61.4 Å². The van der Waals surface area contributed by atoms with Crippen LogP contribution >= 0.6 is 0 Å². The predicted molar refractivity (Wildman–Crippen MR) is 180 cm³/mol. The van der Waals surface area contributed by atoms with Gasteiger partial charge in [-0.25, -0.2) is 0 Å². The van der Waals surface area contributed by atoms with E-state index in [2.05, 4.69) is 23.8 Å². The number of esters is 1. The first-order valence-corrected chi connectivity index (χ1v) is 15.7. The van der Waals surface area contributed by atoms with Gasteiger partial charge in [0.25, 0.3) is 0 Å². The van der Waals surface area contributed by atoms with E-state index in [0.717, 1.165) is 22.4 Å². The fraction of sp³-hybridized carbons (Fsp3) is 0.342. The second-order valence-electron chi connectivity index (χ2n) is 11.4.